The smallest absolute Gasteiger partial charge is 0.332 e. The zero-order chi connectivity index (χ0) is 18.4. The predicted octanol–water partition coefficient (Wildman–Crippen LogP) is 2.74. The number of hydrogen-bond acceptors (Lipinski definition) is 6. The van der Waals surface area contributed by atoms with Crippen molar-refractivity contribution in [2.45, 2.75) is 6.04 Å². The Morgan fingerprint density at radius 1 is 1.08 bits per heavy atom. The van der Waals surface area contributed by atoms with Gasteiger partial charge in [-0.15, -0.1) is 12.4 Å². The first kappa shape index (κ1) is 21.1. The first-order valence-electron chi connectivity index (χ1n) is 7.50. The van der Waals surface area contributed by atoms with Crippen molar-refractivity contribution in [1.29, 1.82) is 5.41 Å². The summed E-state index contributed by atoms with van der Waals surface area (Å²) in [6.45, 7) is 0. The number of halogens is 1. The number of rotatable bonds is 7. The molecular formula is C18H22ClN3O4. The molecule has 0 fully saturated rings. The van der Waals surface area contributed by atoms with Gasteiger partial charge in [-0.2, -0.15) is 0 Å². The van der Waals surface area contributed by atoms with Crippen molar-refractivity contribution in [2.24, 2.45) is 5.73 Å². The van der Waals surface area contributed by atoms with Gasteiger partial charge < -0.3 is 25.3 Å². The number of anilines is 1. The summed E-state index contributed by atoms with van der Waals surface area (Å²) in [6, 6.07) is 11.3. The van der Waals surface area contributed by atoms with Crippen LogP contribution in [0.3, 0.4) is 0 Å². The number of ether oxygens (including phenoxy) is 3. The lowest BCUT2D eigenvalue weighted by atomic mass is 10.0. The fourth-order valence-corrected chi connectivity index (χ4v) is 2.34. The number of carbonyl (C=O) groups is 1. The van der Waals surface area contributed by atoms with Crippen LogP contribution in [0.1, 0.15) is 17.2 Å². The maximum absolute atomic E-state index is 12.3. The van der Waals surface area contributed by atoms with E-state index in [1.54, 1.807) is 42.5 Å². The van der Waals surface area contributed by atoms with Gasteiger partial charge in [-0.05, 0) is 29.8 Å². The normalized spacial score (nSPS) is 10.9. The van der Waals surface area contributed by atoms with E-state index >= 15 is 0 Å². The number of nitrogen functional groups attached to an aromatic ring is 1. The number of benzene rings is 2. The minimum atomic E-state index is -0.781. The summed E-state index contributed by atoms with van der Waals surface area (Å²) in [6.07, 6.45) is 0. The Balaban J connectivity index is 0.00000338. The van der Waals surface area contributed by atoms with E-state index in [9.17, 15) is 4.79 Å². The standard InChI is InChI=1S/C18H21N3O4.ClH/c1-23-14-8-12(9-15(10-14)24-2)16(18(22)25-3)21-13-6-4-5-11(7-13)17(19)20;/h4-10,16,21H,1-3H3,(H3,19,20);1H. The monoisotopic (exact) mass is 379 g/mol. The number of methoxy groups -OCH3 is 3. The Kier molecular flexibility index (Phi) is 7.74. The number of amidine groups is 1. The molecule has 0 bridgehead atoms. The summed E-state index contributed by atoms with van der Waals surface area (Å²) < 4.78 is 15.4. The van der Waals surface area contributed by atoms with E-state index < -0.39 is 12.0 Å². The van der Waals surface area contributed by atoms with E-state index in [2.05, 4.69) is 5.32 Å². The predicted molar refractivity (Wildman–Crippen MR) is 103 cm³/mol. The molecule has 0 aliphatic rings. The second-order valence-corrected chi connectivity index (χ2v) is 5.24. The number of esters is 1. The van der Waals surface area contributed by atoms with Crippen molar-refractivity contribution in [3.63, 3.8) is 0 Å². The Hall–Kier alpha value is -2.93. The first-order valence-corrected chi connectivity index (χ1v) is 7.50. The van der Waals surface area contributed by atoms with Crippen molar-refractivity contribution in [3.8, 4) is 11.5 Å². The van der Waals surface area contributed by atoms with Gasteiger partial charge in [-0.25, -0.2) is 4.79 Å². The maximum Gasteiger partial charge on any atom is 0.332 e. The van der Waals surface area contributed by atoms with E-state index in [-0.39, 0.29) is 18.2 Å². The van der Waals surface area contributed by atoms with Crippen molar-refractivity contribution in [1.82, 2.24) is 0 Å². The van der Waals surface area contributed by atoms with Crippen LogP contribution in [-0.4, -0.2) is 33.1 Å². The maximum atomic E-state index is 12.3. The van der Waals surface area contributed by atoms with Crippen LogP contribution in [0.15, 0.2) is 42.5 Å². The highest BCUT2D eigenvalue weighted by molar-refractivity contribution is 5.96. The largest absolute Gasteiger partial charge is 0.497 e. The molecule has 140 valence electrons. The van der Waals surface area contributed by atoms with Gasteiger partial charge in [0.2, 0.25) is 0 Å². The van der Waals surface area contributed by atoms with Gasteiger partial charge in [-0.1, -0.05) is 12.1 Å². The highest BCUT2D eigenvalue weighted by atomic mass is 35.5. The van der Waals surface area contributed by atoms with Crippen LogP contribution in [0, 0.1) is 5.41 Å². The number of hydrogen-bond donors (Lipinski definition) is 3. The second kappa shape index (κ2) is 9.53. The quantitative estimate of drug-likeness (QED) is 0.388. The van der Waals surface area contributed by atoms with Crippen molar-refractivity contribution < 1.29 is 19.0 Å². The number of nitrogens with two attached hydrogens (primary N) is 1. The molecule has 0 radical (unpaired) electrons. The first-order chi connectivity index (χ1) is 12.0. The fourth-order valence-electron chi connectivity index (χ4n) is 2.34. The average molecular weight is 380 g/mol. The molecule has 0 aliphatic carbocycles. The van der Waals surface area contributed by atoms with Crippen LogP contribution in [-0.2, 0) is 9.53 Å². The number of nitrogens with one attached hydrogen (secondary N) is 2. The molecular weight excluding hydrogens is 358 g/mol. The van der Waals surface area contributed by atoms with Crippen LogP contribution in [0.5, 0.6) is 11.5 Å². The molecule has 2 aromatic rings. The van der Waals surface area contributed by atoms with E-state index in [4.69, 9.17) is 25.4 Å². The van der Waals surface area contributed by atoms with Gasteiger partial charge in [0.1, 0.15) is 17.3 Å². The lowest BCUT2D eigenvalue weighted by Crippen LogP contribution is -2.22. The SMILES string of the molecule is COC(=O)C(Nc1cccc(C(=N)N)c1)c1cc(OC)cc(OC)c1.Cl. The van der Waals surface area contributed by atoms with Gasteiger partial charge in [0.25, 0.3) is 0 Å². The molecule has 8 heteroatoms. The molecule has 2 rings (SSSR count). The molecule has 0 amide bonds. The Labute approximate surface area is 158 Å². The van der Waals surface area contributed by atoms with Gasteiger partial charge >= 0.3 is 5.97 Å². The third-order valence-electron chi connectivity index (χ3n) is 3.63. The summed E-state index contributed by atoms with van der Waals surface area (Å²) in [5, 5.41) is 10.6. The Bertz CT molecular complexity index is 761. The zero-order valence-corrected chi connectivity index (χ0v) is 15.6. The molecule has 0 saturated heterocycles. The van der Waals surface area contributed by atoms with Gasteiger partial charge in [-0.3, -0.25) is 5.41 Å². The molecule has 0 heterocycles. The van der Waals surface area contributed by atoms with Gasteiger partial charge in [0, 0.05) is 17.3 Å². The lowest BCUT2D eigenvalue weighted by molar-refractivity contribution is -0.141. The molecule has 1 atom stereocenters. The van der Waals surface area contributed by atoms with E-state index in [0.29, 0.717) is 28.3 Å². The average Bonchev–Trinajstić information content (AvgIpc) is 2.65. The molecule has 4 N–H and O–H groups in total. The van der Waals surface area contributed by atoms with E-state index in [1.165, 1.54) is 21.3 Å². The highest BCUT2D eigenvalue weighted by Gasteiger charge is 2.23. The summed E-state index contributed by atoms with van der Waals surface area (Å²) in [4.78, 5) is 12.3. The Morgan fingerprint density at radius 2 is 1.69 bits per heavy atom. The Morgan fingerprint density at radius 3 is 2.19 bits per heavy atom. The molecule has 0 aliphatic heterocycles. The molecule has 26 heavy (non-hydrogen) atoms. The van der Waals surface area contributed by atoms with E-state index in [0.717, 1.165) is 0 Å². The minimum Gasteiger partial charge on any atom is -0.497 e. The van der Waals surface area contributed by atoms with E-state index in [1.807, 2.05) is 0 Å². The van der Waals surface area contributed by atoms with Crippen LogP contribution in [0.4, 0.5) is 5.69 Å². The second-order valence-electron chi connectivity index (χ2n) is 5.24. The molecule has 0 saturated carbocycles. The number of carbonyl (C=O) groups excluding carboxylic acids is 1. The summed E-state index contributed by atoms with van der Waals surface area (Å²) >= 11 is 0. The van der Waals surface area contributed by atoms with Crippen molar-refractivity contribution in [2.75, 3.05) is 26.6 Å². The molecule has 2 aromatic carbocycles. The van der Waals surface area contributed by atoms with Crippen LogP contribution in [0.2, 0.25) is 0 Å². The minimum absolute atomic E-state index is 0. The third kappa shape index (κ3) is 5.03. The summed E-state index contributed by atoms with van der Waals surface area (Å²) in [7, 11) is 4.39. The molecule has 1 unspecified atom stereocenters. The summed E-state index contributed by atoms with van der Waals surface area (Å²) in [5.74, 6) is 0.593. The lowest BCUT2D eigenvalue weighted by Gasteiger charge is -2.20. The van der Waals surface area contributed by atoms with Gasteiger partial charge in [0.15, 0.2) is 6.04 Å². The van der Waals surface area contributed by atoms with Crippen molar-refractivity contribution >= 4 is 29.9 Å². The molecule has 0 spiro atoms. The molecule has 7 nitrogen and oxygen atoms in total. The topological polar surface area (TPSA) is 107 Å². The summed E-state index contributed by atoms with van der Waals surface area (Å²) in [5.41, 5.74) is 7.32. The molecule has 0 aromatic heterocycles. The highest BCUT2D eigenvalue weighted by Crippen LogP contribution is 2.29. The van der Waals surface area contributed by atoms with Gasteiger partial charge in [0.05, 0.1) is 21.3 Å². The van der Waals surface area contributed by atoms with Crippen LogP contribution >= 0.6 is 12.4 Å². The van der Waals surface area contributed by atoms with Crippen LogP contribution in [0.25, 0.3) is 0 Å². The fraction of sp³-hybridized carbons (Fsp3) is 0.222. The van der Waals surface area contributed by atoms with Crippen molar-refractivity contribution in [3.05, 3.63) is 53.6 Å². The van der Waals surface area contributed by atoms with Crippen LogP contribution < -0.4 is 20.5 Å². The third-order valence-corrected chi connectivity index (χ3v) is 3.63. The zero-order valence-electron chi connectivity index (χ0n) is 14.7.